The summed E-state index contributed by atoms with van der Waals surface area (Å²) in [4.78, 5) is 19.7. The first-order valence-corrected chi connectivity index (χ1v) is 7.55. The largest absolute Gasteiger partial charge is 0.341 e. The Labute approximate surface area is 116 Å². The molecule has 3 heterocycles. The zero-order valence-electron chi connectivity index (χ0n) is 10.8. The number of rotatable bonds is 3. The van der Waals surface area contributed by atoms with Crippen LogP contribution in [-0.4, -0.2) is 33.4 Å². The topological polar surface area (TPSA) is 38.1 Å². The highest BCUT2D eigenvalue weighted by atomic mass is 32.1. The number of carbonyl (C=O) groups excluding carboxylic acids is 1. The van der Waals surface area contributed by atoms with Gasteiger partial charge < -0.3 is 9.47 Å². The Morgan fingerprint density at radius 2 is 2.16 bits per heavy atom. The second-order valence-corrected chi connectivity index (χ2v) is 5.75. The van der Waals surface area contributed by atoms with Gasteiger partial charge in [-0.25, -0.2) is 4.98 Å². The van der Waals surface area contributed by atoms with Crippen molar-refractivity contribution >= 4 is 17.2 Å². The summed E-state index contributed by atoms with van der Waals surface area (Å²) in [6.45, 7) is 2.21. The summed E-state index contributed by atoms with van der Waals surface area (Å²) in [6, 6.07) is 4.04. The molecule has 0 aliphatic carbocycles. The molecule has 0 saturated carbocycles. The number of hydrogen-bond acceptors (Lipinski definition) is 3. The van der Waals surface area contributed by atoms with Crippen molar-refractivity contribution in [3.05, 3.63) is 29.9 Å². The normalized spacial score (nSPS) is 15.7. The van der Waals surface area contributed by atoms with Crippen molar-refractivity contribution in [2.24, 2.45) is 0 Å². The molecule has 1 saturated heterocycles. The highest BCUT2D eigenvalue weighted by Crippen LogP contribution is 2.23. The van der Waals surface area contributed by atoms with Gasteiger partial charge in [-0.1, -0.05) is 6.07 Å². The standard InChI is InChI=1S/C14H17N3OS/c18-13(16-7-2-1-3-8-16)11-17-9-6-15-14(17)12-5-4-10-19-12/h4-6,9-10H,1-3,7-8,11H2. The molecule has 0 aromatic carbocycles. The monoisotopic (exact) mass is 275 g/mol. The van der Waals surface area contributed by atoms with E-state index in [2.05, 4.69) is 4.98 Å². The summed E-state index contributed by atoms with van der Waals surface area (Å²) in [5.74, 6) is 1.09. The minimum atomic E-state index is 0.204. The van der Waals surface area contributed by atoms with E-state index >= 15 is 0 Å². The SMILES string of the molecule is O=C(Cn1ccnc1-c1cccs1)N1CCCCC1. The maximum atomic E-state index is 12.3. The number of likely N-dealkylation sites (tertiary alicyclic amines) is 1. The molecule has 0 unspecified atom stereocenters. The second kappa shape index (κ2) is 5.57. The first kappa shape index (κ1) is 12.4. The van der Waals surface area contributed by atoms with E-state index in [0.717, 1.165) is 36.6 Å². The molecular weight excluding hydrogens is 258 g/mol. The highest BCUT2D eigenvalue weighted by Gasteiger charge is 2.18. The fraction of sp³-hybridized carbons (Fsp3) is 0.429. The van der Waals surface area contributed by atoms with Gasteiger partial charge in [-0.2, -0.15) is 0 Å². The number of thiophene rings is 1. The number of imidazole rings is 1. The predicted octanol–water partition coefficient (Wildman–Crippen LogP) is 2.62. The van der Waals surface area contributed by atoms with Crippen molar-refractivity contribution in [1.82, 2.24) is 14.5 Å². The summed E-state index contributed by atoms with van der Waals surface area (Å²) < 4.78 is 1.95. The molecule has 1 fully saturated rings. The average Bonchev–Trinajstić information content (AvgIpc) is 3.10. The van der Waals surface area contributed by atoms with Crippen molar-refractivity contribution in [1.29, 1.82) is 0 Å². The van der Waals surface area contributed by atoms with Crippen LogP contribution in [0, 0.1) is 0 Å². The van der Waals surface area contributed by atoms with E-state index in [0.29, 0.717) is 6.54 Å². The van der Waals surface area contributed by atoms with Gasteiger partial charge in [-0.3, -0.25) is 4.79 Å². The molecule has 0 radical (unpaired) electrons. The summed E-state index contributed by atoms with van der Waals surface area (Å²) in [6.07, 6.45) is 7.16. The van der Waals surface area contributed by atoms with Crippen molar-refractivity contribution in [3.8, 4) is 10.7 Å². The molecule has 100 valence electrons. The number of amides is 1. The molecule has 0 N–H and O–H groups in total. The molecule has 19 heavy (non-hydrogen) atoms. The highest BCUT2D eigenvalue weighted by molar-refractivity contribution is 7.13. The lowest BCUT2D eigenvalue weighted by Gasteiger charge is -2.27. The molecule has 4 nitrogen and oxygen atoms in total. The molecule has 0 spiro atoms. The lowest BCUT2D eigenvalue weighted by Crippen LogP contribution is -2.37. The van der Waals surface area contributed by atoms with Gasteiger partial charge in [-0.05, 0) is 30.7 Å². The average molecular weight is 275 g/mol. The maximum absolute atomic E-state index is 12.3. The minimum absolute atomic E-state index is 0.204. The van der Waals surface area contributed by atoms with Crippen LogP contribution in [0.5, 0.6) is 0 Å². The van der Waals surface area contributed by atoms with E-state index in [-0.39, 0.29) is 5.91 Å². The van der Waals surface area contributed by atoms with Gasteiger partial charge in [0.2, 0.25) is 5.91 Å². The van der Waals surface area contributed by atoms with Crippen molar-refractivity contribution in [2.75, 3.05) is 13.1 Å². The van der Waals surface area contributed by atoms with Crippen LogP contribution in [0.1, 0.15) is 19.3 Å². The van der Waals surface area contributed by atoms with Crippen LogP contribution in [-0.2, 0) is 11.3 Å². The Hall–Kier alpha value is -1.62. The van der Waals surface area contributed by atoms with Crippen LogP contribution >= 0.6 is 11.3 Å². The fourth-order valence-electron chi connectivity index (χ4n) is 2.46. The fourth-order valence-corrected chi connectivity index (χ4v) is 3.19. The van der Waals surface area contributed by atoms with Gasteiger partial charge in [0.15, 0.2) is 0 Å². The van der Waals surface area contributed by atoms with E-state index in [1.54, 1.807) is 17.5 Å². The van der Waals surface area contributed by atoms with Crippen LogP contribution in [0.25, 0.3) is 10.7 Å². The third kappa shape index (κ3) is 2.71. The van der Waals surface area contributed by atoms with Gasteiger partial charge in [0, 0.05) is 25.5 Å². The van der Waals surface area contributed by atoms with Crippen LogP contribution in [0.2, 0.25) is 0 Å². The Balaban J connectivity index is 1.73. The van der Waals surface area contributed by atoms with Crippen LogP contribution in [0.4, 0.5) is 0 Å². The van der Waals surface area contributed by atoms with Crippen LogP contribution in [0.3, 0.4) is 0 Å². The Morgan fingerprint density at radius 1 is 1.32 bits per heavy atom. The molecule has 1 amide bonds. The van der Waals surface area contributed by atoms with Crippen molar-refractivity contribution in [3.63, 3.8) is 0 Å². The van der Waals surface area contributed by atoms with Crippen molar-refractivity contribution in [2.45, 2.75) is 25.8 Å². The molecule has 0 bridgehead atoms. The quantitative estimate of drug-likeness (QED) is 0.863. The van der Waals surface area contributed by atoms with E-state index < -0.39 is 0 Å². The first-order valence-electron chi connectivity index (χ1n) is 6.67. The Kier molecular flexibility index (Phi) is 3.64. The lowest BCUT2D eigenvalue weighted by molar-refractivity contribution is -0.132. The van der Waals surface area contributed by atoms with E-state index in [4.69, 9.17) is 0 Å². The number of aromatic nitrogens is 2. The molecule has 2 aromatic rings. The molecule has 1 aliphatic rings. The minimum Gasteiger partial charge on any atom is -0.341 e. The molecule has 3 rings (SSSR count). The third-order valence-electron chi connectivity index (χ3n) is 3.47. The second-order valence-electron chi connectivity index (χ2n) is 4.80. The van der Waals surface area contributed by atoms with Gasteiger partial charge in [0.25, 0.3) is 0 Å². The summed E-state index contributed by atoms with van der Waals surface area (Å²) in [7, 11) is 0. The Bertz CT molecular complexity index is 541. The summed E-state index contributed by atoms with van der Waals surface area (Å²) >= 11 is 1.65. The summed E-state index contributed by atoms with van der Waals surface area (Å²) in [5.41, 5.74) is 0. The maximum Gasteiger partial charge on any atom is 0.242 e. The number of hydrogen-bond donors (Lipinski definition) is 0. The predicted molar refractivity (Wildman–Crippen MR) is 76.0 cm³/mol. The van der Waals surface area contributed by atoms with E-state index in [9.17, 15) is 4.79 Å². The van der Waals surface area contributed by atoms with Crippen molar-refractivity contribution < 1.29 is 4.79 Å². The first-order chi connectivity index (χ1) is 9.34. The number of piperidine rings is 1. The van der Waals surface area contributed by atoms with Gasteiger partial charge in [0.1, 0.15) is 12.4 Å². The molecule has 2 aromatic heterocycles. The molecule has 0 atom stereocenters. The zero-order chi connectivity index (χ0) is 13.1. The molecule has 1 aliphatic heterocycles. The molecular formula is C14H17N3OS. The zero-order valence-corrected chi connectivity index (χ0v) is 11.6. The van der Waals surface area contributed by atoms with Gasteiger partial charge in [0.05, 0.1) is 4.88 Å². The molecule has 5 heteroatoms. The van der Waals surface area contributed by atoms with E-state index in [1.165, 1.54) is 6.42 Å². The Morgan fingerprint density at radius 3 is 2.89 bits per heavy atom. The van der Waals surface area contributed by atoms with Crippen LogP contribution < -0.4 is 0 Å². The van der Waals surface area contributed by atoms with E-state index in [1.807, 2.05) is 33.2 Å². The van der Waals surface area contributed by atoms with Gasteiger partial charge >= 0.3 is 0 Å². The lowest BCUT2D eigenvalue weighted by atomic mass is 10.1. The number of carbonyl (C=O) groups is 1. The third-order valence-corrected chi connectivity index (χ3v) is 4.34. The number of nitrogens with zero attached hydrogens (tertiary/aromatic N) is 3. The van der Waals surface area contributed by atoms with Gasteiger partial charge in [-0.15, -0.1) is 11.3 Å². The smallest absolute Gasteiger partial charge is 0.242 e. The summed E-state index contributed by atoms with van der Waals surface area (Å²) in [5, 5.41) is 2.03. The van der Waals surface area contributed by atoms with Crippen LogP contribution in [0.15, 0.2) is 29.9 Å².